The minimum atomic E-state index is -0.465. The highest BCUT2D eigenvalue weighted by atomic mass is 35.5. The van der Waals surface area contributed by atoms with E-state index >= 15 is 0 Å². The van der Waals surface area contributed by atoms with E-state index in [-0.39, 0.29) is 29.0 Å². The molecule has 0 unspecified atom stereocenters. The number of carbonyl (C=O) groups is 1. The predicted molar refractivity (Wildman–Crippen MR) is 125 cm³/mol. The lowest BCUT2D eigenvalue weighted by Crippen LogP contribution is -2.33. The number of hydrogen-bond donors (Lipinski definition) is 1. The number of rotatable bonds is 11. The van der Waals surface area contributed by atoms with Gasteiger partial charge in [-0.15, -0.1) is 12.4 Å². The zero-order valence-corrected chi connectivity index (χ0v) is 19.6. The average Bonchev–Trinajstić information content (AvgIpc) is 2.74. The Hall–Kier alpha value is -1.83. The molecule has 1 N–H and O–H groups in total. The van der Waals surface area contributed by atoms with Crippen LogP contribution in [0.3, 0.4) is 0 Å². The van der Waals surface area contributed by atoms with Crippen molar-refractivity contribution in [2.75, 3.05) is 25.4 Å². The molecule has 0 aliphatic rings. The van der Waals surface area contributed by atoms with Crippen LogP contribution in [0.4, 0.5) is 0 Å². The average molecular weight is 454 g/mol. The van der Waals surface area contributed by atoms with Crippen molar-refractivity contribution in [2.24, 2.45) is 0 Å². The van der Waals surface area contributed by atoms with Crippen LogP contribution in [0.25, 0.3) is 0 Å². The molecule has 0 amide bonds. The Balaban J connectivity index is 0.00000450. The third-order valence-corrected chi connectivity index (χ3v) is 5.83. The third-order valence-electron chi connectivity index (χ3n) is 4.91. The van der Waals surface area contributed by atoms with Crippen LogP contribution in [0.1, 0.15) is 56.0 Å². The number of hydrogen-bond acceptors (Lipinski definition) is 6. The smallest absolute Gasteiger partial charge is 0.268 e. The van der Waals surface area contributed by atoms with Crippen LogP contribution >= 0.6 is 24.2 Å². The van der Waals surface area contributed by atoms with Gasteiger partial charge in [0.05, 0.1) is 5.56 Å². The molecule has 0 radical (unpaired) electrons. The fourth-order valence-corrected chi connectivity index (χ4v) is 4.07. The Kier molecular flexibility index (Phi) is 11.8. The summed E-state index contributed by atoms with van der Waals surface area (Å²) in [6.07, 6.45) is 3.14. The van der Waals surface area contributed by atoms with Crippen LogP contribution in [-0.4, -0.2) is 50.9 Å². The Morgan fingerprint density at radius 3 is 2.40 bits per heavy atom. The van der Waals surface area contributed by atoms with Crippen LogP contribution in [0.5, 0.6) is 5.88 Å². The Labute approximate surface area is 189 Å². The molecule has 0 aliphatic heterocycles. The number of benzene rings is 1. The van der Waals surface area contributed by atoms with Gasteiger partial charge in [0.15, 0.2) is 5.16 Å². The SMILES string of the molecule is CCCCCc1c(O)nc(SCCN(CC)CC)n(C(=O)c2ccccc2)c1=O.Cl. The summed E-state index contributed by atoms with van der Waals surface area (Å²) in [5, 5.41) is 10.6. The summed E-state index contributed by atoms with van der Waals surface area (Å²) < 4.78 is 1.13. The number of carbonyl (C=O) groups excluding carboxylic acids is 1. The number of nitrogens with zero attached hydrogens (tertiary/aromatic N) is 3. The van der Waals surface area contributed by atoms with Crippen LogP contribution < -0.4 is 5.56 Å². The highest BCUT2D eigenvalue weighted by molar-refractivity contribution is 7.99. The van der Waals surface area contributed by atoms with Gasteiger partial charge in [-0.1, -0.05) is 63.6 Å². The van der Waals surface area contributed by atoms with Crippen molar-refractivity contribution in [2.45, 2.75) is 51.6 Å². The van der Waals surface area contributed by atoms with Gasteiger partial charge in [-0.2, -0.15) is 4.98 Å². The molecular formula is C22H32ClN3O3S. The summed E-state index contributed by atoms with van der Waals surface area (Å²) in [6, 6.07) is 8.72. The summed E-state index contributed by atoms with van der Waals surface area (Å²) in [7, 11) is 0. The minimum absolute atomic E-state index is 0. The highest BCUT2D eigenvalue weighted by Crippen LogP contribution is 2.22. The van der Waals surface area contributed by atoms with Crippen LogP contribution in [0, 0.1) is 0 Å². The number of unbranched alkanes of at least 4 members (excludes halogenated alkanes) is 2. The van der Waals surface area contributed by atoms with Crippen molar-refractivity contribution in [1.29, 1.82) is 0 Å². The molecule has 1 heterocycles. The summed E-state index contributed by atoms with van der Waals surface area (Å²) in [5.74, 6) is 0.00360. The largest absolute Gasteiger partial charge is 0.493 e. The van der Waals surface area contributed by atoms with Crippen molar-refractivity contribution in [1.82, 2.24) is 14.5 Å². The van der Waals surface area contributed by atoms with Crippen molar-refractivity contribution in [3.63, 3.8) is 0 Å². The third kappa shape index (κ3) is 6.86. The Morgan fingerprint density at radius 2 is 1.80 bits per heavy atom. The number of halogens is 1. The predicted octanol–water partition coefficient (Wildman–Crippen LogP) is 4.23. The van der Waals surface area contributed by atoms with Gasteiger partial charge in [-0.05, 0) is 38.1 Å². The second-order valence-corrected chi connectivity index (χ2v) is 7.90. The Bertz CT molecular complexity index is 855. The first-order valence-corrected chi connectivity index (χ1v) is 11.3. The molecule has 2 aromatic rings. The highest BCUT2D eigenvalue weighted by Gasteiger charge is 2.22. The first kappa shape index (κ1) is 26.2. The van der Waals surface area contributed by atoms with Crippen LogP contribution in [-0.2, 0) is 6.42 Å². The maximum atomic E-state index is 13.1. The van der Waals surface area contributed by atoms with Gasteiger partial charge >= 0.3 is 0 Å². The number of aromatic nitrogens is 2. The minimum Gasteiger partial charge on any atom is -0.493 e. The van der Waals surface area contributed by atoms with E-state index in [2.05, 4.69) is 30.7 Å². The van der Waals surface area contributed by atoms with E-state index in [1.54, 1.807) is 24.3 Å². The van der Waals surface area contributed by atoms with Gasteiger partial charge < -0.3 is 10.0 Å². The van der Waals surface area contributed by atoms with Gasteiger partial charge in [-0.3, -0.25) is 9.59 Å². The molecule has 0 spiro atoms. The van der Waals surface area contributed by atoms with E-state index in [0.717, 1.165) is 43.5 Å². The van der Waals surface area contributed by atoms with Crippen molar-refractivity contribution >= 4 is 30.1 Å². The molecule has 0 fully saturated rings. The van der Waals surface area contributed by atoms with Gasteiger partial charge in [0, 0.05) is 17.9 Å². The van der Waals surface area contributed by atoms with Gasteiger partial charge in [0.25, 0.3) is 11.5 Å². The lowest BCUT2D eigenvalue weighted by molar-refractivity contribution is 0.0942. The second kappa shape index (κ2) is 13.5. The molecule has 6 nitrogen and oxygen atoms in total. The molecule has 0 bridgehead atoms. The molecule has 0 saturated carbocycles. The van der Waals surface area contributed by atoms with Crippen LogP contribution in [0.2, 0.25) is 0 Å². The molecule has 2 rings (SSSR count). The lowest BCUT2D eigenvalue weighted by atomic mass is 10.1. The van der Waals surface area contributed by atoms with Gasteiger partial charge in [-0.25, -0.2) is 4.57 Å². The number of aromatic hydroxyl groups is 1. The van der Waals surface area contributed by atoms with E-state index in [9.17, 15) is 14.7 Å². The normalized spacial score (nSPS) is 10.8. The first-order valence-electron chi connectivity index (χ1n) is 10.3. The first-order chi connectivity index (χ1) is 14.0. The van der Waals surface area contributed by atoms with Gasteiger partial charge in [0.2, 0.25) is 5.88 Å². The maximum absolute atomic E-state index is 13.1. The fourth-order valence-electron chi connectivity index (χ4n) is 3.09. The van der Waals surface area contributed by atoms with E-state index in [1.807, 2.05) is 6.07 Å². The van der Waals surface area contributed by atoms with E-state index < -0.39 is 11.5 Å². The number of thioether (sulfide) groups is 1. The molecular weight excluding hydrogens is 422 g/mol. The quantitative estimate of drug-likeness (QED) is 0.312. The molecule has 0 saturated heterocycles. The molecule has 8 heteroatoms. The molecule has 1 aromatic carbocycles. The Morgan fingerprint density at radius 1 is 1.13 bits per heavy atom. The van der Waals surface area contributed by atoms with Crippen molar-refractivity contribution in [3.8, 4) is 5.88 Å². The molecule has 30 heavy (non-hydrogen) atoms. The van der Waals surface area contributed by atoms with Gasteiger partial charge in [0.1, 0.15) is 0 Å². The summed E-state index contributed by atoms with van der Waals surface area (Å²) in [4.78, 5) is 32.8. The summed E-state index contributed by atoms with van der Waals surface area (Å²) in [6.45, 7) is 8.94. The fraction of sp³-hybridized carbons (Fsp3) is 0.500. The summed E-state index contributed by atoms with van der Waals surface area (Å²) >= 11 is 1.32. The van der Waals surface area contributed by atoms with E-state index in [0.29, 0.717) is 17.7 Å². The lowest BCUT2D eigenvalue weighted by Gasteiger charge is -2.18. The van der Waals surface area contributed by atoms with Crippen LogP contribution in [0.15, 0.2) is 40.3 Å². The zero-order chi connectivity index (χ0) is 21.2. The monoisotopic (exact) mass is 453 g/mol. The second-order valence-electron chi connectivity index (χ2n) is 6.84. The summed E-state index contributed by atoms with van der Waals surface area (Å²) in [5.41, 5.74) is 0.177. The van der Waals surface area contributed by atoms with Crippen molar-refractivity contribution < 1.29 is 9.90 Å². The molecule has 1 aromatic heterocycles. The molecule has 0 atom stereocenters. The molecule has 166 valence electrons. The maximum Gasteiger partial charge on any atom is 0.268 e. The zero-order valence-electron chi connectivity index (χ0n) is 18.0. The molecule has 0 aliphatic carbocycles. The van der Waals surface area contributed by atoms with E-state index in [4.69, 9.17) is 0 Å². The van der Waals surface area contributed by atoms with Crippen molar-refractivity contribution in [3.05, 3.63) is 51.8 Å². The van der Waals surface area contributed by atoms with E-state index in [1.165, 1.54) is 11.8 Å². The standard InChI is InChI=1S/C22H31N3O3S.ClH/c1-4-7-9-14-18-19(26)23-22(29-16-15-24(5-2)6-3)25(21(18)28)20(27)17-12-10-8-11-13-17;/h8,10-13,26H,4-7,9,14-16H2,1-3H3;1H. The topological polar surface area (TPSA) is 75.4 Å².